The van der Waals surface area contributed by atoms with Gasteiger partial charge in [-0.1, -0.05) is 37.9 Å². The van der Waals surface area contributed by atoms with Crippen LogP contribution in [-0.4, -0.2) is 0 Å². The minimum absolute atomic E-state index is 0.311. The normalized spacial score (nSPS) is 12.5. The zero-order chi connectivity index (χ0) is 14.2. The maximum atomic E-state index is 13.8. The molecule has 0 bridgehead atoms. The van der Waals surface area contributed by atoms with E-state index in [1.54, 1.807) is 13.0 Å². The summed E-state index contributed by atoms with van der Waals surface area (Å²) in [5, 5.41) is 0. The molecule has 0 radical (unpaired) electrons. The largest absolute Gasteiger partial charge is 0.207 e. The Labute approximate surface area is 125 Å². The number of halogens is 5. The second kappa shape index (κ2) is 5.67. The third kappa shape index (κ3) is 3.03. The zero-order valence-electron chi connectivity index (χ0n) is 9.85. The van der Waals surface area contributed by atoms with Crippen LogP contribution in [0.1, 0.15) is 21.5 Å². The lowest BCUT2D eigenvalue weighted by Crippen LogP contribution is -2.00. The summed E-state index contributed by atoms with van der Waals surface area (Å²) >= 11 is 6.60. The average molecular weight is 394 g/mol. The monoisotopic (exact) mass is 392 g/mol. The van der Waals surface area contributed by atoms with Gasteiger partial charge in [0.05, 0.1) is 4.83 Å². The summed E-state index contributed by atoms with van der Waals surface area (Å²) < 4.78 is 40.6. The number of aryl methyl sites for hydroxylation is 1. The highest BCUT2D eigenvalue weighted by molar-refractivity contribution is 9.11. The molecule has 2 aromatic rings. The molecule has 0 aromatic heterocycles. The molecule has 0 aliphatic heterocycles. The van der Waals surface area contributed by atoms with Crippen molar-refractivity contribution in [3.8, 4) is 0 Å². The number of benzene rings is 2. The van der Waals surface area contributed by atoms with Crippen molar-refractivity contribution in [2.45, 2.75) is 11.8 Å². The Hall–Kier alpha value is -0.810. The van der Waals surface area contributed by atoms with E-state index in [1.807, 2.05) is 0 Å². The van der Waals surface area contributed by atoms with E-state index < -0.39 is 16.5 Å². The van der Waals surface area contributed by atoms with Crippen LogP contribution in [0, 0.1) is 24.4 Å². The molecule has 19 heavy (non-hydrogen) atoms. The number of hydrogen-bond donors (Lipinski definition) is 0. The molecule has 0 heterocycles. The van der Waals surface area contributed by atoms with Crippen molar-refractivity contribution in [1.82, 2.24) is 0 Å². The number of alkyl halides is 1. The maximum absolute atomic E-state index is 13.8. The van der Waals surface area contributed by atoms with Crippen LogP contribution in [-0.2, 0) is 0 Å². The molecule has 0 spiro atoms. The molecule has 0 fully saturated rings. The minimum atomic E-state index is -0.638. The summed E-state index contributed by atoms with van der Waals surface area (Å²) in [6, 6.07) is 6.45. The molecule has 2 aromatic carbocycles. The second-order valence-corrected chi connectivity index (χ2v) is 5.92. The smallest absolute Gasteiger partial charge is 0.130 e. The Morgan fingerprint density at radius 2 is 1.63 bits per heavy atom. The van der Waals surface area contributed by atoms with E-state index in [-0.39, 0.29) is 5.82 Å². The lowest BCUT2D eigenvalue weighted by Gasteiger charge is -2.14. The Morgan fingerprint density at radius 3 is 2.26 bits per heavy atom. The van der Waals surface area contributed by atoms with Gasteiger partial charge in [0.15, 0.2) is 0 Å². The topological polar surface area (TPSA) is 0 Å². The Balaban J connectivity index is 2.49. The van der Waals surface area contributed by atoms with Crippen molar-refractivity contribution in [3.63, 3.8) is 0 Å². The van der Waals surface area contributed by atoms with Gasteiger partial charge in [-0.15, -0.1) is 0 Å². The van der Waals surface area contributed by atoms with Gasteiger partial charge >= 0.3 is 0 Å². The van der Waals surface area contributed by atoms with Crippen molar-refractivity contribution in [2.75, 3.05) is 0 Å². The Kier molecular flexibility index (Phi) is 4.36. The van der Waals surface area contributed by atoms with E-state index in [0.717, 1.165) is 6.07 Å². The summed E-state index contributed by atoms with van der Waals surface area (Å²) in [6.07, 6.45) is 0. The minimum Gasteiger partial charge on any atom is -0.207 e. The quantitative estimate of drug-likeness (QED) is 0.577. The van der Waals surface area contributed by atoms with E-state index in [2.05, 4.69) is 31.9 Å². The summed E-state index contributed by atoms with van der Waals surface area (Å²) in [5.74, 6) is -1.61. The van der Waals surface area contributed by atoms with Crippen molar-refractivity contribution in [1.29, 1.82) is 0 Å². The molecule has 0 nitrogen and oxygen atoms in total. The summed E-state index contributed by atoms with van der Waals surface area (Å²) in [7, 11) is 0. The van der Waals surface area contributed by atoms with Gasteiger partial charge in [-0.25, -0.2) is 13.2 Å². The fourth-order valence-corrected chi connectivity index (χ4v) is 3.39. The second-order valence-electron chi connectivity index (χ2n) is 4.15. The van der Waals surface area contributed by atoms with Gasteiger partial charge in [-0.05, 0) is 36.2 Å². The number of rotatable bonds is 2. The van der Waals surface area contributed by atoms with Crippen LogP contribution < -0.4 is 0 Å². The van der Waals surface area contributed by atoms with Gasteiger partial charge in [0, 0.05) is 16.1 Å². The standard InChI is InChI=1S/C14H9Br2F3/c1-7-4-10(13(19)6-12(7)18)14(16)9-3-2-8(17)5-11(9)15/h2-6,14H,1H3. The van der Waals surface area contributed by atoms with Gasteiger partial charge in [0.2, 0.25) is 0 Å². The molecule has 100 valence electrons. The molecule has 0 N–H and O–H groups in total. The van der Waals surface area contributed by atoms with Crippen molar-refractivity contribution in [2.24, 2.45) is 0 Å². The van der Waals surface area contributed by atoms with Crippen LogP contribution in [0.4, 0.5) is 13.2 Å². The fraction of sp³-hybridized carbons (Fsp3) is 0.143. The third-order valence-electron chi connectivity index (χ3n) is 2.79. The molecule has 0 aliphatic rings. The molecule has 2 rings (SSSR count). The highest BCUT2D eigenvalue weighted by atomic mass is 79.9. The first-order valence-electron chi connectivity index (χ1n) is 5.44. The maximum Gasteiger partial charge on any atom is 0.130 e. The Bertz CT molecular complexity index is 626. The molecule has 0 saturated heterocycles. The van der Waals surface area contributed by atoms with E-state index in [1.165, 1.54) is 18.2 Å². The first kappa shape index (κ1) is 14.6. The lowest BCUT2D eigenvalue weighted by molar-refractivity contribution is 0.568. The molecular weight excluding hydrogens is 385 g/mol. The highest BCUT2D eigenvalue weighted by Gasteiger charge is 2.19. The van der Waals surface area contributed by atoms with Crippen LogP contribution in [0.25, 0.3) is 0 Å². The molecule has 1 atom stereocenters. The van der Waals surface area contributed by atoms with Crippen LogP contribution in [0.3, 0.4) is 0 Å². The molecule has 0 amide bonds. The third-order valence-corrected chi connectivity index (χ3v) is 4.46. The molecule has 0 saturated carbocycles. The molecular formula is C14H9Br2F3. The SMILES string of the molecule is Cc1cc(C(Br)c2ccc(F)cc2Br)c(F)cc1F. The zero-order valence-corrected chi connectivity index (χ0v) is 13.0. The predicted octanol–water partition coefficient (Wildman–Crippen LogP) is 5.66. The first-order valence-corrected chi connectivity index (χ1v) is 7.15. The molecule has 1 unspecified atom stereocenters. The lowest BCUT2D eigenvalue weighted by atomic mass is 10.0. The van der Waals surface area contributed by atoms with E-state index >= 15 is 0 Å². The predicted molar refractivity (Wildman–Crippen MR) is 76.0 cm³/mol. The fourth-order valence-electron chi connectivity index (χ4n) is 1.75. The summed E-state index contributed by atoms with van der Waals surface area (Å²) in [5.41, 5.74) is 1.34. The highest BCUT2D eigenvalue weighted by Crippen LogP contribution is 2.37. The average Bonchev–Trinajstić information content (AvgIpc) is 2.33. The van der Waals surface area contributed by atoms with Gasteiger partial charge in [-0.2, -0.15) is 0 Å². The van der Waals surface area contributed by atoms with E-state index in [4.69, 9.17) is 0 Å². The van der Waals surface area contributed by atoms with Gasteiger partial charge < -0.3 is 0 Å². The van der Waals surface area contributed by atoms with Crippen molar-refractivity contribution < 1.29 is 13.2 Å². The van der Waals surface area contributed by atoms with Crippen LogP contribution >= 0.6 is 31.9 Å². The Morgan fingerprint density at radius 1 is 0.947 bits per heavy atom. The van der Waals surface area contributed by atoms with Gasteiger partial charge in [-0.3, -0.25) is 0 Å². The van der Waals surface area contributed by atoms with Crippen LogP contribution in [0.5, 0.6) is 0 Å². The number of hydrogen-bond acceptors (Lipinski definition) is 0. The molecule has 5 heteroatoms. The van der Waals surface area contributed by atoms with E-state index in [9.17, 15) is 13.2 Å². The molecule has 0 aliphatic carbocycles. The van der Waals surface area contributed by atoms with E-state index in [0.29, 0.717) is 21.2 Å². The summed E-state index contributed by atoms with van der Waals surface area (Å²) in [4.78, 5) is -0.484. The van der Waals surface area contributed by atoms with Gasteiger partial charge in [0.25, 0.3) is 0 Å². The van der Waals surface area contributed by atoms with Crippen molar-refractivity contribution >= 4 is 31.9 Å². The van der Waals surface area contributed by atoms with Crippen LogP contribution in [0.2, 0.25) is 0 Å². The van der Waals surface area contributed by atoms with Crippen molar-refractivity contribution in [3.05, 3.63) is 68.9 Å². The summed E-state index contributed by atoms with van der Waals surface area (Å²) in [6.45, 7) is 1.57. The van der Waals surface area contributed by atoms with Crippen LogP contribution in [0.15, 0.2) is 34.8 Å². The van der Waals surface area contributed by atoms with Gasteiger partial charge in [0.1, 0.15) is 17.5 Å². The first-order chi connectivity index (χ1) is 8.90.